The van der Waals surface area contributed by atoms with Gasteiger partial charge in [-0.15, -0.1) is 0 Å². The number of para-hydroxylation sites is 1. The summed E-state index contributed by atoms with van der Waals surface area (Å²) in [7, 11) is 0. The number of allylic oxidation sites excluding steroid dienone is 1. The molecule has 0 aliphatic rings. The average Bonchev–Trinajstić information content (AvgIpc) is 2.48. The third-order valence-electron chi connectivity index (χ3n) is 2.76. The third-order valence-corrected chi connectivity index (χ3v) is 3.29. The summed E-state index contributed by atoms with van der Waals surface area (Å²) in [6, 6.07) is 13.5. The number of halogens is 1. The molecular weight excluding hydrogens is 334 g/mol. The Kier molecular flexibility index (Phi) is 4.90. The van der Waals surface area contributed by atoms with E-state index in [-0.39, 0.29) is 11.3 Å². The minimum Gasteiger partial charge on any atom is -0.478 e. The Morgan fingerprint density at radius 3 is 2.38 bits per heavy atom. The number of hydrogen-bond donors (Lipinski definition) is 2. The van der Waals surface area contributed by atoms with Crippen molar-refractivity contribution in [2.45, 2.75) is 0 Å². The SMILES string of the molecule is O=C(/C=C\Nc1ccccc1C(=O)O)c1ccc(Br)cc1. The summed E-state index contributed by atoms with van der Waals surface area (Å²) in [5.74, 6) is -1.19. The lowest BCUT2D eigenvalue weighted by atomic mass is 10.1. The number of carbonyl (C=O) groups excluding carboxylic acids is 1. The van der Waals surface area contributed by atoms with Gasteiger partial charge in [0.2, 0.25) is 0 Å². The van der Waals surface area contributed by atoms with Crippen LogP contribution in [0.25, 0.3) is 0 Å². The van der Waals surface area contributed by atoms with Gasteiger partial charge in [-0.3, -0.25) is 4.79 Å². The maximum atomic E-state index is 11.9. The van der Waals surface area contributed by atoms with Gasteiger partial charge in [0.05, 0.1) is 11.3 Å². The van der Waals surface area contributed by atoms with Crippen LogP contribution >= 0.6 is 15.9 Å². The van der Waals surface area contributed by atoms with Crippen molar-refractivity contribution >= 4 is 33.4 Å². The summed E-state index contributed by atoms with van der Waals surface area (Å²) < 4.78 is 0.900. The largest absolute Gasteiger partial charge is 0.478 e. The number of carbonyl (C=O) groups is 2. The van der Waals surface area contributed by atoms with E-state index in [4.69, 9.17) is 5.11 Å². The smallest absolute Gasteiger partial charge is 0.337 e. The van der Waals surface area contributed by atoms with Crippen molar-refractivity contribution < 1.29 is 14.7 Å². The zero-order valence-electron chi connectivity index (χ0n) is 10.9. The van der Waals surface area contributed by atoms with Crippen LogP contribution in [0.5, 0.6) is 0 Å². The van der Waals surface area contributed by atoms with Crippen molar-refractivity contribution in [1.29, 1.82) is 0 Å². The zero-order chi connectivity index (χ0) is 15.2. The number of aromatic carboxylic acids is 1. The first-order valence-electron chi connectivity index (χ1n) is 6.13. The summed E-state index contributed by atoms with van der Waals surface area (Å²) in [6.07, 6.45) is 2.80. The Morgan fingerprint density at radius 2 is 1.71 bits per heavy atom. The first-order valence-corrected chi connectivity index (χ1v) is 6.92. The number of carboxylic acids is 1. The van der Waals surface area contributed by atoms with E-state index in [0.29, 0.717) is 11.3 Å². The van der Waals surface area contributed by atoms with Crippen LogP contribution in [-0.2, 0) is 0 Å². The van der Waals surface area contributed by atoms with Crippen LogP contribution < -0.4 is 5.32 Å². The average molecular weight is 346 g/mol. The first kappa shape index (κ1) is 15.0. The standard InChI is InChI=1S/C16H12BrNO3/c17-12-7-5-11(6-8-12)15(19)9-10-18-14-4-2-1-3-13(14)16(20)21/h1-10,18H,(H,20,21)/b10-9-. The van der Waals surface area contributed by atoms with Gasteiger partial charge in [0, 0.05) is 22.3 Å². The lowest BCUT2D eigenvalue weighted by Crippen LogP contribution is -2.02. The fraction of sp³-hybridized carbons (Fsp3) is 0. The highest BCUT2D eigenvalue weighted by atomic mass is 79.9. The van der Waals surface area contributed by atoms with Gasteiger partial charge in [0.15, 0.2) is 5.78 Å². The highest BCUT2D eigenvalue weighted by Gasteiger charge is 2.07. The minimum absolute atomic E-state index is 0.151. The number of rotatable bonds is 5. The minimum atomic E-state index is -1.02. The molecule has 4 nitrogen and oxygen atoms in total. The maximum Gasteiger partial charge on any atom is 0.337 e. The van der Waals surface area contributed by atoms with Crippen molar-refractivity contribution in [3.05, 3.63) is 76.4 Å². The number of ketones is 1. The van der Waals surface area contributed by atoms with Crippen LogP contribution in [0, 0.1) is 0 Å². The van der Waals surface area contributed by atoms with Crippen molar-refractivity contribution in [3.8, 4) is 0 Å². The predicted molar refractivity (Wildman–Crippen MR) is 84.6 cm³/mol. The first-order chi connectivity index (χ1) is 10.1. The molecular formula is C16H12BrNO3. The molecule has 0 aromatic heterocycles. The van der Waals surface area contributed by atoms with Crippen molar-refractivity contribution in [2.24, 2.45) is 0 Å². The molecule has 0 spiro atoms. The van der Waals surface area contributed by atoms with Crippen LogP contribution in [-0.4, -0.2) is 16.9 Å². The van der Waals surface area contributed by atoms with E-state index in [2.05, 4.69) is 21.2 Å². The number of benzene rings is 2. The molecule has 0 atom stereocenters. The van der Waals surface area contributed by atoms with Crippen LogP contribution in [0.1, 0.15) is 20.7 Å². The van der Waals surface area contributed by atoms with E-state index in [9.17, 15) is 9.59 Å². The maximum absolute atomic E-state index is 11.9. The second-order valence-electron chi connectivity index (χ2n) is 4.20. The Labute approximate surface area is 130 Å². The van der Waals surface area contributed by atoms with E-state index < -0.39 is 5.97 Å². The molecule has 2 N–H and O–H groups in total. The molecule has 106 valence electrons. The molecule has 2 aromatic rings. The van der Waals surface area contributed by atoms with Gasteiger partial charge in [-0.2, -0.15) is 0 Å². The second kappa shape index (κ2) is 6.85. The molecule has 2 aromatic carbocycles. The Bertz CT molecular complexity index is 693. The van der Waals surface area contributed by atoms with Gasteiger partial charge in [-0.05, 0) is 36.4 Å². The van der Waals surface area contributed by atoms with E-state index >= 15 is 0 Å². The molecule has 0 heterocycles. The predicted octanol–water partition coefficient (Wildman–Crippen LogP) is 3.96. The van der Waals surface area contributed by atoms with Crippen molar-refractivity contribution in [1.82, 2.24) is 0 Å². The molecule has 21 heavy (non-hydrogen) atoms. The molecule has 0 saturated heterocycles. The Hall–Kier alpha value is -2.40. The molecule has 5 heteroatoms. The topological polar surface area (TPSA) is 66.4 Å². The van der Waals surface area contributed by atoms with Crippen LogP contribution in [0.15, 0.2) is 65.3 Å². The van der Waals surface area contributed by atoms with E-state index in [1.807, 2.05) is 0 Å². The number of carboxylic acid groups (broad SMARTS) is 1. The van der Waals surface area contributed by atoms with Crippen LogP contribution in [0.2, 0.25) is 0 Å². The second-order valence-corrected chi connectivity index (χ2v) is 5.12. The summed E-state index contributed by atoms with van der Waals surface area (Å²) in [6.45, 7) is 0. The van der Waals surface area contributed by atoms with Gasteiger partial charge in [-0.1, -0.05) is 28.1 Å². The quantitative estimate of drug-likeness (QED) is 0.635. The molecule has 0 saturated carbocycles. The molecule has 0 aliphatic heterocycles. The number of hydrogen-bond acceptors (Lipinski definition) is 3. The molecule has 0 unspecified atom stereocenters. The normalized spacial score (nSPS) is 10.5. The summed E-state index contributed by atoms with van der Waals surface area (Å²) >= 11 is 3.30. The fourth-order valence-corrected chi connectivity index (χ4v) is 1.98. The fourth-order valence-electron chi connectivity index (χ4n) is 1.71. The lowest BCUT2D eigenvalue weighted by Gasteiger charge is -2.04. The van der Waals surface area contributed by atoms with Gasteiger partial charge < -0.3 is 10.4 Å². The molecule has 0 fully saturated rings. The Balaban J connectivity index is 2.07. The van der Waals surface area contributed by atoms with Crippen LogP contribution in [0.3, 0.4) is 0 Å². The number of anilines is 1. The van der Waals surface area contributed by atoms with E-state index in [1.54, 1.807) is 42.5 Å². The summed E-state index contributed by atoms with van der Waals surface area (Å²) in [5, 5.41) is 11.9. The van der Waals surface area contributed by atoms with Crippen molar-refractivity contribution in [2.75, 3.05) is 5.32 Å². The number of nitrogens with one attached hydrogen (secondary N) is 1. The van der Waals surface area contributed by atoms with Gasteiger partial charge >= 0.3 is 5.97 Å². The summed E-state index contributed by atoms with van der Waals surface area (Å²) in [5.41, 5.74) is 1.14. The molecule has 0 aliphatic carbocycles. The molecule has 0 radical (unpaired) electrons. The zero-order valence-corrected chi connectivity index (χ0v) is 12.5. The monoisotopic (exact) mass is 345 g/mol. The van der Waals surface area contributed by atoms with Gasteiger partial charge in [0.1, 0.15) is 0 Å². The van der Waals surface area contributed by atoms with Gasteiger partial charge in [0.25, 0.3) is 0 Å². The Morgan fingerprint density at radius 1 is 1.05 bits per heavy atom. The van der Waals surface area contributed by atoms with Gasteiger partial charge in [-0.25, -0.2) is 4.79 Å². The molecule has 2 rings (SSSR count). The molecule has 0 bridgehead atoms. The van der Waals surface area contributed by atoms with Crippen molar-refractivity contribution in [3.63, 3.8) is 0 Å². The highest BCUT2D eigenvalue weighted by Crippen LogP contribution is 2.15. The summed E-state index contributed by atoms with van der Waals surface area (Å²) in [4.78, 5) is 22.9. The van der Waals surface area contributed by atoms with E-state index in [1.165, 1.54) is 18.3 Å². The third kappa shape index (κ3) is 4.03. The lowest BCUT2D eigenvalue weighted by molar-refractivity contribution is 0.0698. The molecule has 0 amide bonds. The van der Waals surface area contributed by atoms with Crippen LogP contribution in [0.4, 0.5) is 5.69 Å². The highest BCUT2D eigenvalue weighted by molar-refractivity contribution is 9.10. The van der Waals surface area contributed by atoms with E-state index in [0.717, 1.165) is 4.47 Å².